The van der Waals surface area contributed by atoms with E-state index >= 15 is 0 Å². The summed E-state index contributed by atoms with van der Waals surface area (Å²) in [5.74, 6) is -3.04. The SMILES string of the molecule is CC(C)[C@H](C(=O)O)N1C(=O)[C@@H]2[C@H](C1=O)[C@@H]1CC[C@@H]2O1. The quantitative estimate of drug-likeness (QED) is 0.741. The van der Waals surface area contributed by atoms with Crippen molar-refractivity contribution in [2.24, 2.45) is 17.8 Å². The maximum Gasteiger partial charge on any atom is 0.327 e. The Morgan fingerprint density at radius 3 is 2.05 bits per heavy atom. The van der Waals surface area contributed by atoms with Crippen molar-refractivity contribution in [1.82, 2.24) is 4.90 Å². The van der Waals surface area contributed by atoms with Gasteiger partial charge in [0.15, 0.2) is 0 Å². The van der Waals surface area contributed by atoms with Gasteiger partial charge in [0.1, 0.15) is 6.04 Å². The third-order valence-electron chi connectivity index (χ3n) is 4.48. The van der Waals surface area contributed by atoms with E-state index < -0.39 is 23.8 Å². The number of carboxylic acids is 1. The predicted molar refractivity (Wildman–Crippen MR) is 63.0 cm³/mol. The Morgan fingerprint density at radius 1 is 1.21 bits per heavy atom. The van der Waals surface area contributed by atoms with Crippen LogP contribution in [0.25, 0.3) is 0 Å². The Labute approximate surface area is 110 Å². The number of hydrogen-bond donors (Lipinski definition) is 1. The topological polar surface area (TPSA) is 83.9 Å². The van der Waals surface area contributed by atoms with Crippen LogP contribution in [-0.2, 0) is 19.1 Å². The van der Waals surface area contributed by atoms with Crippen LogP contribution >= 0.6 is 0 Å². The maximum atomic E-state index is 12.4. The minimum atomic E-state index is -1.12. The van der Waals surface area contributed by atoms with E-state index in [0.29, 0.717) is 0 Å². The fraction of sp³-hybridized carbons (Fsp3) is 0.769. The number of amides is 2. The van der Waals surface area contributed by atoms with E-state index in [1.807, 2.05) is 0 Å². The summed E-state index contributed by atoms with van der Waals surface area (Å²) in [6, 6.07) is -1.06. The van der Waals surface area contributed by atoms with Gasteiger partial charge in [-0.05, 0) is 18.8 Å². The highest BCUT2D eigenvalue weighted by atomic mass is 16.5. The lowest BCUT2D eigenvalue weighted by molar-refractivity contribution is -0.158. The number of aliphatic carboxylic acids is 1. The number of carbonyl (C=O) groups is 3. The first-order chi connectivity index (χ1) is 8.93. The molecule has 6 nitrogen and oxygen atoms in total. The molecule has 0 aliphatic carbocycles. The van der Waals surface area contributed by atoms with E-state index in [4.69, 9.17) is 4.74 Å². The molecule has 3 aliphatic heterocycles. The Morgan fingerprint density at radius 2 is 1.68 bits per heavy atom. The van der Waals surface area contributed by atoms with Crippen LogP contribution in [0, 0.1) is 17.8 Å². The lowest BCUT2D eigenvalue weighted by Crippen LogP contribution is -2.49. The Kier molecular flexibility index (Phi) is 2.67. The molecule has 0 spiro atoms. The van der Waals surface area contributed by atoms with E-state index in [9.17, 15) is 19.5 Å². The van der Waals surface area contributed by atoms with Crippen LogP contribution < -0.4 is 0 Å². The fourth-order valence-corrected chi connectivity index (χ4v) is 3.70. The van der Waals surface area contributed by atoms with Crippen LogP contribution in [0.15, 0.2) is 0 Å². The van der Waals surface area contributed by atoms with Crippen LogP contribution in [0.2, 0.25) is 0 Å². The first kappa shape index (κ1) is 12.6. The number of ether oxygens (including phenoxy) is 1. The number of carbonyl (C=O) groups excluding carboxylic acids is 2. The molecular formula is C13H17NO5. The van der Waals surface area contributed by atoms with E-state index in [0.717, 1.165) is 17.7 Å². The van der Waals surface area contributed by atoms with Gasteiger partial charge in [0.2, 0.25) is 11.8 Å². The number of imide groups is 1. The highest BCUT2D eigenvalue weighted by molar-refractivity contribution is 6.08. The average Bonchev–Trinajstić information content (AvgIpc) is 2.97. The van der Waals surface area contributed by atoms with Gasteiger partial charge in [0.05, 0.1) is 24.0 Å². The van der Waals surface area contributed by atoms with E-state index in [1.54, 1.807) is 13.8 Å². The summed E-state index contributed by atoms with van der Waals surface area (Å²) in [5.41, 5.74) is 0. The third kappa shape index (κ3) is 1.55. The molecule has 0 aromatic carbocycles. The van der Waals surface area contributed by atoms with Gasteiger partial charge in [-0.25, -0.2) is 4.79 Å². The summed E-state index contributed by atoms with van der Waals surface area (Å²) in [4.78, 5) is 37.1. The number of rotatable bonds is 3. The summed E-state index contributed by atoms with van der Waals surface area (Å²) < 4.78 is 5.61. The van der Waals surface area contributed by atoms with Gasteiger partial charge in [0, 0.05) is 0 Å². The lowest BCUT2D eigenvalue weighted by Gasteiger charge is -2.27. The number of hydrogen-bond acceptors (Lipinski definition) is 4. The molecule has 0 saturated carbocycles. The predicted octanol–water partition coefficient (Wildman–Crippen LogP) is 0.258. The second-order valence-electron chi connectivity index (χ2n) is 5.92. The third-order valence-corrected chi connectivity index (χ3v) is 4.48. The van der Waals surface area contributed by atoms with Crippen molar-refractivity contribution >= 4 is 17.8 Å². The molecule has 6 heteroatoms. The summed E-state index contributed by atoms with van der Waals surface area (Å²) in [6.45, 7) is 3.41. The van der Waals surface area contributed by atoms with Crippen molar-refractivity contribution in [3.05, 3.63) is 0 Å². The molecule has 104 valence electrons. The maximum absolute atomic E-state index is 12.4. The molecule has 5 atom stereocenters. The normalized spacial score (nSPS) is 38.2. The summed E-state index contributed by atoms with van der Waals surface area (Å²) in [7, 11) is 0. The Bertz CT molecular complexity index is 432. The van der Waals surface area contributed by atoms with Gasteiger partial charge in [-0.1, -0.05) is 13.8 Å². The van der Waals surface area contributed by atoms with Gasteiger partial charge in [0.25, 0.3) is 0 Å². The molecule has 3 saturated heterocycles. The zero-order valence-electron chi connectivity index (χ0n) is 10.9. The molecule has 3 rings (SSSR count). The second kappa shape index (κ2) is 4.03. The Hall–Kier alpha value is -1.43. The summed E-state index contributed by atoms with van der Waals surface area (Å²) >= 11 is 0. The molecular weight excluding hydrogens is 250 g/mol. The lowest BCUT2D eigenvalue weighted by atomic mass is 9.81. The van der Waals surface area contributed by atoms with E-state index in [-0.39, 0.29) is 29.9 Å². The number of likely N-dealkylation sites (tertiary alicyclic amines) is 1. The molecule has 0 unspecified atom stereocenters. The molecule has 0 radical (unpaired) electrons. The van der Waals surface area contributed by atoms with Crippen molar-refractivity contribution in [1.29, 1.82) is 0 Å². The number of nitrogens with zero attached hydrogens (tertiary/aromatic N) is 1. The zero-order valence-corrected chi connectivity index (χ0v) is 10.9. The molecule has 1 N–H and O–H groups in total. The van der Waals surface area contributed by atoms with Crippen LogP contribution in [0.3, 0.4) is 0 Å². The first-order valence-electron chi connectivity index (χ1n) is 6.68. The van der Waals surface area contributed by atoms with Gasteiger partial charge >= 0.3 is 5.97 Å². The van der Waals surface area contributed by atoms with Crippen molar-refractivity contribution in [2.75, 3.05) is 0 Å². The number of fused-ring (bicyclic) bond motifs is 5. The van der Waals surface area contributed by atoms with Gasteiger partial charge in [-0.3, -0.25) is 14.5 Å². The first-order valence-corrected chi connectivity index (χ1v) is 6.68. The molecule has 2 amide bonds. The highest BCUT2D eigenvalue weighted by Crippen LogP contribution is 2.49. The van der Waals surface area contributed by atoms with Crippen molar-refractivity contribution in [3.8, 4) is 0 Å². The van der Waals surface area contributed by atoms with Crippen LogP contribution in [0.5, 0.6) is 0 Å². The molecule has 2 bridgehead atoms. The zero-order chi connectivity index (χ0) is 13.9. The Balaban J connectivity index is 1.94. The molecule has 0 aromatic rings. The average molecular weight is 267 g/mol. The van der Waals surface area contributed by atoms with Gasteiger partial charge in [-0.2, -0.15) is 0 Å². The molecule has 19 heavy (non-hydrogen) atoms. The molecule has 0 aromatic heterocycles. The largest absolute Gasteiger partial charge is 0.480 e. The van der Waals surface area contributed by atoms with Crippen molar-refractivity contribution in [2.45, 2.75) is 44.9 Å². The van der Waals surface area contributed by atoms with Gasteiger partial charge in [-0.15, -0.1) is 0 Å². The van der Waals surface area contributed by atoms with E-state index in [1.165, 1.54) is 0 Å². The molecule has 3 heterocycles. The van der Waals surface area contributed by atoms with Crippen LogP contribution in [-0.4, -0.2) is 46.0 Å². The summed E-state index contributed by atoms with van der Waals surface area (Å²) in [5, 5.41) is 9.27. The minimum absolute atomic E-state index is 0.196. The fourth-order valence-electron chi connectivity index (χ4n) is 3.70. The summed E-state index contributed by atoms with van der Waals surface area (Å²) in [6.07, 6.45) is 1.19. The van der Waals surface area contributed by atoms with Crippen molar-refractivity contribution in [3.63, 3.8) is 0 Å². The monoisotopic (exact) mass is 267 g/mol. The van der Waals surface area contributed by atoms with Crippen LogP contribution in [0.1, 0.15) is 26.7 Å². The van der Waals surface area contributed by atoms with E-state index in [2.05, 4.69) is 0 Å². The molecule has 3 fully saturated rings. The molecule has 3 aliphatic rings. The smallest absolute Gasteiger partial charge is 0.327 e. The van der Waals surface area contributed by atoms with Crippen LogP contribution in [0.4, 0.5) is 0 Å². The highest BCUT2D eigenvalue weighted by Gasteiger charge is 2.64. The van der Waals surface area contributed by atoms with Gasteiger partial charge < -0.3 is 9.84 Å². The van der Waals surface area contributed by atoms with Crippen molar-refractivity contribution < 1.29 is 24.2 Å². The minimum Gasteiger partial charge on any atom is -0.480 e. The standard InChI is InChI=1S/C13H17NO5/c1-5(2)10(13(17)18)14-11(15)8-6-3-4-7(19-6)9(8)12(14)16/h5-10H,3-4H2,1-2H3,(H,17,18)/t6-,7-,8-,9+,10+/m0/s1. The second-order valence-corrected chi connectivity index (χ2v) is 5.92. The number of carboxylic acid groups (broad SMARTS) is 1.